The van der Waals surface area contributed by atoms with E-state index >= 15 is 0 Å². The Balaban J connectivity index is 1.62. The molecule has 2 aliphatic rings. The van der Waals surface area contributed by atoms with Crippen LogP contribution in [-0.4, -0.2) is 42.3 Å². The van der Waals surface area contributed by atoms with Crippen LogP contribution in [0.4, 0.5) is 5.13 Å². The lowest BCUT2D eigenvalue weighted by molar-refractivity contribution is -0.120. The van der Waals surface area contributed by atoms with Gasteiger partial charge in [0, 0.05) is 25.5 Å². The molecule has 2 aromatic rings. The van der Waals surface area contributed by atoms with E-state index < -0.39 is 32.6 Å². The van der Waals surface area contributed by atoms with Crippen LogP contribution in [0.15, 0.2) is 34.2 Å². The number of carbonyl (C=O) groups is 1. The van der Waals surface area contributed by atoms with Crippen molar-refractivity contribution in [1.82, 2.24) is 9.55 Å². The Morgan fingerprint density at radius 2 is 2.03 bits per heavy atom. The number of sulfone groups is 1. The van der Waals surface area contributed by atoms with Crippen molar-refractivity contribution in [2.24, 2.45) is 5.92 Å². The van der Waals surface area contributed by atoms with E-state index in [1.165, 1.54) is 23.0 Å². The Hall–Kier alpha value is -2.55. The summed E-state index contributed by atoms with van der Waals surface area (Å²) in [5.74, 6) is -0.233. The van der Waals surface area contributed by atoms with Crippen molar-refractivity contribution in [1.29, 1.82) is 5.26 Å². The maximum Gasteiger partial charge on any atom is 0.252 e. The molecule has 1 aliphatic heterocycles. The van der Waals surface area contributed by atoms with Crippen molar-refractivity contribution in [2.75, 3.05) is 18.5 Å². The number of amides is 1. The molecule has 11 heteroatoms. The highest BCUT2D eigenvalue weighted by atomic mass is 32.2. The zero-order valence-corrected chi connectivity index (χ0v) is 19.7. The summed E-state index contributed by atoms with van der Waals surface area (Å²) in [5.41, 5.74) is -0.530. The Bertz CT molecular complexity index is 1200. The van der Waals surface area contributed by atoms with Crippen LogP contribution in [0.3, 0.4) is 0 Å². The van der Waals surface area contributed by atoms with E-state index in [9.17, 15) is 18.0 Å². The van der Waals surface area contributed by atoms with Crippen LogP contribution in [0.1, 0.15) is 55.9 Å². The highest BCUT2D eigenvalue weighted by molar-refractivity contribution is 7.92. The number of pyridine rings is 1. The number of nitrogens with zero attached hydrogens (tertiary/aromatic N) is 3. The minimum absolute atomic E-state index is 0.0134. The summed E-state index contributed by atoms with van der Waals surface area (Å²) in [4.78, 5) is 30.6. The molecule has 1 saturated carbocycles. The Labute approximate surface area is 196 Å². The number of carbonyl (C=O) groups excluding carboxylic acids is 1. The van der Waals surface area contributed by atoms with Gasteiger partial charge in [-0.3, -0.25) is 9.59 Å². The van der Waals surface area contributed by atoms with E-state index in [4.69, 9.17) is 10.00 Å². The van der Waals surface area contributed by atoms with Crippen LogP contribution >= 0.6 is 11.3 Å². The Morgan fingerprint density at radius 1 is 1.30 bits per heavy atom. The van der Waals surface area contributed by atoms with E-state index in [2.05, 4.69) is 10.3 Å². The van der Waals surface area contributed by atoms with Crippen molar-refractivity contribution in [3.05, 3.63) is 39.8 Å². The largest absolute Gasteiger partial charge is 0.381 e. The SMILES string of the molecule is N#Cc1cnc(NC(=O)[C@H](CC2CCOCC2)n2ccc(S(=O)(=O)C3CCCC3)cc2=O)s1. The molecule has 9 nitrogen and oxygen atoms in total. The molecule has 1 atom stereocenters. The number of hydrogen-bond acceptors (Lipinski definition) is 8. The summed E-state index contributed by atoms with van der Waals surface area (Å²) >= 11 is 1.05. The van der Waals surface area contributed by atoms with Crippen molar-refractivity contribution < 1.29 is 17.9 Å². The van der Waals surface area contributed by atoms with E-state index in [1.807, 2.05) is 6.07 Å². The number of anilines is 1. The van der Waals surface area contributed by atoms with E-state index in [1.54, 1.807) is 0 Å². The predicted molar refractivity (Wildman–Crippen MR) is 123 cm³/mol. The third kappa shape index (κ3) is 5.34. The van der Waals surface area contributed by atoms with Crippen molar-refractivity contribution in [3.8, 4) is 6.07 Å². The lowest BCUT2D eigenvalue weighted by atomic mass is 9.92. The van der Waals surface area contributed by atoms with Crippen LogP contribution in [-0.2, 0) is 19.4 Å². The molecule has 0 radical (unpaired) electrons. The first-order valence-electron chi connectivity index (χ1n) is 11.1. The molecule has 0 spiro atoms. The van der Waals surface area contributed by atoms with Gasteiger partial charge in [-0.2, -0.15) is 5.26 Å². The second-order valence-corrected chi connectivity index (χ2v) is 11.8. The molecule has 1 amide bonds. The molecule has 1 saturated heterocycles. The molecule has 3 heterocycles. The van der Waals surface area contributed by atoms with Gasteiger partial charge >= 0.3 is 0 Å². The molecule has 2 fully saturated rings. The lowest BCUT2D eigenvalue weighted by Crippen LogP contribution is -2.35. The maximum atomic E-state index is 13.2. The molecule has 176 valence electrons. The number of aromatic nitrogens is 2. The number of ether oxygens (including phenoxy) is 1. The first-order valence-corrected chi connectivity index (χ1v) is 13.5. The number of rotatable bonds is 7. The fourth-order valence-electron chi connectivity index (χ4n) is 4.51. The number of nitrogens with one attached hydrogen (secondary N) is 1. The van der Waals surface area contributed by atoms with Crippen LogP contribution in [0, 0.1) is 17.2 Å². The van der Waals surface area contributed by atoms with Gasteiger partial charge in [-0.15, -0.1) is 0 Å². The monoisotopic (exact) mass is 490 g/mol. The zero-order chi connectivity index (χ0) is 23.4. The quantitative estimate of drug-likeness (QED) is 0.631. The first-order chi connectivity index (χ1) is 15.9. The smallest absolute Gasteiger partial charge is 0.252 e. The van der Waals surface area contributed by atoms with E-state index in [0.29, 0.717) is 37.4 Å². The molecule has 2 aromatic heterocycles. The van der Waals surface area contributed by atoms with Gasteiger partial charge in [0.25, 0.3) is 5.56 Å². The minimum atomic E-state index is -3.57. The predicted octanol–water partition coefficient (Wildman–Crippen LogP) is 2.89. The van der Waals surface area contributed by atoms with Gasteiger partial charge in [0.2, 0.25) is 5.91 Å². The summed E-state index contributed by atoms with van der Waals surface area (Å²) in [6.07, 6.45) is 7.73. The standard InChI is InChI=1S/C22H26N4O5S2/c23-13-16-14-24-22(32-16)25-21(28)19(11-15-6-9-31-10-7-15)26-8-5-18(12-20(26)27)33(29,30)17-3-1-2-4-17/h5,8,12,14-15,17,19H,1-4,6-7,9-11H2,(H,24,25,28)/t19-/m0/s1. The van der Waals surface area contributed by atoms with Crippen molar-refractivity contribution >= 4 is 32.2 Å². The van der Waals surface area contributed by atoms with Gasteiger partial charge in [-0.1, -0.05) is 24.2 Å². The number of hydrogen-bond donors (Lipinski definition) is 1. The number of thiazole rings is 1. The fourth-order valence-corrected chi connectivity index (χ4v) is 6.99. The minimum Gasteiger partial charge on any atom is -0.381 e. The topological polar surface area (TPSA) is 131 Å². The average molecular weight is 491 g/mol. The highest BCUT2D eigenvalue weighted by Gasteiger charge is 2.32. The molecular weight excluding hydrogens is 464 g/mol. The van der Waals surface area contributed by atoms with Gasteiger partial charge in [0.15, 0.2) is 15.0 Å². The van der Waals surface area contributed by atoms with Crippen molar-refractivity contribution in [3.63, 3.8) is 0 Å². The molecule has 0 unspecified atom stereocenters. The maximum absolute atomic E-state index is 13.2. The third-order valence-electron chi connectivity index (χ3n) is 6.37. The summed E-state index contributed by atoms with van der Waals surface area (Å²) in [6.45, 7) is 1.20. The van der Waals surface area contributed by atoms with Crippen LogP contribution in [0.2, 0.25) is 0 Å². The molecule has 4 rings (SSSR count). The second kappa shape index (κ2) is 10.2. The Kier molecular flexibility index (Phi) is 7.26. The molecule has 0 bridgehead atoms. The number of nitriles is 1. The average Bonchev–Trinajstić information content (AvgIpc) is 3.51. The van der Waals surface area contributed by atoms with Gasteiger partial charge in [0.05, 0.1) is 16.3 Å². The normalized spacial score (nSPS) is 18.6. The van der Waals surface area contributed by atoms with E-state index in [-0.39, 0.29) is 15.9 Å². The fraction of sp³-hybridized carbons (Fsp3) is 0.545. The van der Waals surface area contributed by atoms with Crippen molar-refractivity contribution in [2.45, 2.75) is 61.1 Å². The molecule has 1 aliphatic carbocycles. The first kappa shape index (κ1) is 23.6. The summed E-state index contributed by atoms with van der Waals surface area (Å²) < 4.78 is 32.5. The van der Waals surface area contributed by atoms with Crippen LogP contribution < -0.4 is 10.9 Å². The summed E-state index contributed by atoms with van der Waals surface area (Å²) in [6, 6.07) is 3.70. The summed E-state index contributed by atoms with van der Waals surface area (Å²) in [5, 5.41) is 11.5. The molecule has 33 heavy (non-hydrogen) atoms. The molecular formula is C22H26N4O5S2. The third-order valence-corrected chi connectivity index (χ3v) is 9.45. The Morgan fingerprint density at radius 3 is 2.67 bits per heavy atom. The molecule has 0 aromatic carbocycles. The zero-order valence-electron chi connectivity index (χ0n) is 18.1. The van der Waals surface area contributed by atoms with Gasteiger partial charge in [0.1, 0.15) is 17.0 Å². The molecule has 1 N–H and O–H groups in total. The van der Waals surface area contributed by atoms with Gasteiger partial charge < -0.3 is 14.6 Å². The van der Waals surface area contributed by atoms with Gasteiger partial charge in [-0.05, 0) is 44.1 Å². The van der Waals surface area contributed by atoms with Gasteiger partial charge in [-0.25, -0.2) is 13.4 Å². The summed E-state index contributed by atoms with van der Waals surface area (Å²) in [7, 11) is -3.57. The second-order valence-electron chi connectivity index (χ2n) is 8.50. The van der Waals surface area contributed by atoms with E-state index in [0.717, 1.165) is 43.1 Å². The van der Waals surface area contributed by atoms with Crippen LogP contribution in [0.25, 0.3) is 0 Å². The van der Waals surface area contributed by atoms with Crippen LogP contribution in [0.5, 0.6) is 0 Å². The highest BCUT2D eigenvalue weighted by Crippen LogP contribution is 2.30. The lowest BCUT2D eigenvalue weighted by Gasteiger charge is -2.27.